The fraction of sp³-hybridized carbons (Fsp3) is 0.200. The van der Waals surface area contributed by atoms with Crippen LogP contribution in [0.5, 0.6) is 0 Å². The van der Waals surface area contributed by atoms with Gasteiger partial charge in [0.2, 0.25) is 5.91 Å². The fourth-order valence-corrected chi connectivity index (χ4v) is 1.33. The Bertz CT molecular complexity index is 428. The monoisotopic (exact) mass is 189 g/mol. The number of amides is 1. The number of hydrogen-bond donors (Lipinski definition) is 1. The van der Waals surface area contributed by atoms with E-state index in [9.17, 15) is 4.79 Å². The van der Waals surface area contributed by atoms with Crippen LogP contribution in [0.4, 0.5) is 0 Å². The zero-order chi connectivity index (χ0) is 9.97. The highest BCUT2D eigenvalue weighted by Gasteiger charge is 2.04. The average molecular weight is 189 g/mol. The molecule has 0 aliphatic heterocycles. The SMILES string of the molecule is CNC(=O)Cc1cn2ccccc2n1. The molecule has 1 N–H and O–H groups in total. The number of likely N-dealkylation sites (N-methyl/N-ethyl adjacent to an activating group) is 1. The Labute approximate surface area is 81.6 Å². The average Bonchev–Trinajstić information content (AvgIpc) is 2.59. The number of carbonyl (C=O) groups excluding carboxylic acids is 1. The maximum Gasteiger partial charge on any atom is 0.225 e. The van der Waals surface area contributed by atoms with E-state index in [1.807, 2.05) is 35.0 Å². The Morgan fingerprint density at radius 2 is 2.43 bits per heavy atom. The molecule has 0 unspecified atom stereocenters. The lowest BCUT2D eigenvalue weighted by Crippen LogP contribution is -2.19. The van der Waals surface area contributed by atoms with Crippen LogP contribution in [0.1, 0.15) is 5.69 Å². The van der Waals surface area contributed by atoms with Crippen molar-refractivity contribution in [3.63, 3.8) is 0 Å². The van der Waals surface area contributed by atoms with E-state index in [2.05, 4.69) is 10.3 Å². The Kier molecular flexibility index (Phi) is 2.18. The van der Waals surface area contributed by atoms with Crippen LogP contribution in [0.3, 0.4) is 0 Å². The smallest absolute Gasteiger partial charge is 0.225 e. The van der Waals surface area contributed by atoms with Crippen LogP contribution in [0.2, 0.25) is 0 Å². The van der Waals surface area contributed by atoms with Crippen LogP contribution in [0, 0.1) is 0 Å². The van der Waals surface area contributed by atoms with Crippen molar-refractivity contribution in [2.45, 2.75) is 6.42 Å². The number of nitrogens with zero attached hydrogens (tertiary/aromatic N) is 2. The van der Waals surface area contributed by atoms with Crippen LogP contribution < -0.4 is 5.32 Å². The van der Waals surface area contributed by atoms with Gasteiger partial charge in [-0.25, -0.2) is 4.98 Å². The lowest BCUT2D eigenvalue weighted by molar-refractivity contribution is -0.120. The van der Waals surface area contributed by atoms with E-state index in [0.717, 1.165) is 11.3 Å². The second-order valence-electron chi connectivity index (χ2n) is 3.05. The third-order valence-corrected chi connectivity index (χ3v) is 2.03. The summed E-state index contributed by atoms with van der Waals surface area (Å²) < 4.78 is 1.90. The fourth-order valence-electron chi connectivity index (χ4n) is 1.33. The highest BCUT2D eigenvalue weighted by molar-refractivity contribution is 5.77. The molecule has 1 amide bonds. The molecular formula is C10H11N3O. The van der Waals surface area contributed by atoms with E-state index in [0.29, 0.717) is 6.42 Å². The predicted octanol–water partition coefficient (Wildman–Crippen LogP) is 0.623. The Hall–Kier alpha value is -1.84. The second kappa shape index (κ2) is 3.49. The Morgan fingerprint density at radius 1 is 1.57 bits per heavy atom. The second-order valence-corrected chi connectivity index (χ2v) is 3.05. The molecule has 4 nitrogen and oxygen atoms in total. The van der Waals surface area contributed by atoms with Crippen molar-refractivity contribution in [1.29, 1.82) is 0 Å². The van der Waals surface area contributed by atoms with E-state index in [1.54, 1.807) is 7.05 Å². The van der Waals surface area contributed by atoms with E-state index in [-0.39, 0.29) is 5.91 Å². The van der Waals surface area contributed by atoms with Crippen molar-refractivity contribution in [2.24, 2.45) is 0 Å². The number of rotatable bonds is 2. The van der Waals surface area contributed by atoms with Crippen molar-refractivity contribution >= 4 is 11.6 Å². The third kappa shape index (κ3) is 1.59. The minimum Gasteiger partial charge on any atom is -0.359 e. The molecule has 0 saturated heterocycles. The molecule has 0 aliphatic rings. The van der Waals surface area contributed by atoms with Crippen molar-refractivity contribution in [3.8, 4) is 0 Å². The van der Waals surface area contributed by atoms with Crippen molar-refractivity contribution in [1.82, 2.24) is 14.7 Å². The van der Waals surface area contributed by atoms with Gasteiger partial charge >= 0.3 is 0 Å². The summed E-state index contributed by atoms with van der Waals surface area (Å²) in [5.41, 5.74) is 1.65. The number of fused-ring (bicyclic) bond motifs is 1. The molecule has 2 aromatic heterocycles. The van der Waals surface area contributed by atoms with E-state index in [4.69, 9.17) is 0 Å². The summed E-state index contributed by atoms with van der Waals surface area (Å²) in [5.74, 6) is -0.0200. The normalized spacial score (nSPS) is 10.4. The van der Waals surface area contributed by atoms with Crippen LogP contribution in [0.15, 0.2) is 30.6 Å². The van der Waals surface area contributed by atoms with Gasteiger partial charge in [0.05, 0.1) is 12.1 Å². The van der Waals surface area contributed by atoms with Crippen molar-refractivity contribution in [2.75, 3.05) is 7.05 Å². The summed E-state index contributed by atoms with van der Waals surface area (Å²) >= 11 is 0. The first-order valence-electron chi connectivity index (χ1n) is 4.43. The van der Waals surface area contributed by atoms with Crippen LogP contribution in [-0.4, -0.2) is 22.3 Å². The lowest BCUT2D eigenvalue weighted by Gasteiger charge is -1.93. The molecule has 0 aromatic carbocycles. The van der Waals surface area contributed by atoms with E-state index >= 15 is 0 Å². The molecule has 0 aliphatic carbocycles. The molecule has 4 heteroatoms. The van der Waals surface area contributed by atoms with E-state index < -0.39 is 0 Å². The number of aromatic nitrogens is 2. The maximum absolute atomic E-state index is 11.1. The molecule has 0 radical (unpaired) electrons. The predicted molar refractivity (Wildman–Crippen MR) is 53.0 cm³/mol. The molecule has 2 aromatic rings. The summed E-state index contributed by atoms with van der Waals surface area (Å²) in [6.45, 7) is 0. The van der Waals surface area contributed by atoms with Crippen molar-refractivity contribution < 1.29 is 4.79 Å². The molecule has 2 heterocycles. The minimum atomic E-state index is -0.0200. The van der Waals surface area contributed by atoms with Gasteiger partial charge in [-0.3, -0.25) is 4.79 Å². The van der Waals surface area contributed by atoms with Gasteiger partial charge in [0, 0.05) is 19.4 Å². The van der Waals surface area contributed by atoms with Gasteiger partial charge in [0.1, 0.15) is 5.65 Å². The molecule has 0 spiro atoms. The largest absolute Gasteiger partial charge is 0.359 e. The van der Waals surface area contributed by atoms with Crippen LogP contribution >= 0.6 is 0 Å². The molecule has 0 bridgehead atoms. The van der Waals surface area contributed by atoms with Gasteiger partial charge in [-0.05, 0) is 12.1 Å². The first-order chi connectivity index (χ1) is 6.79. The number of hydrogen-bond acceptors (Lipinski definition) is 2. The van der Waals surface area contributed by atoms with Crippen molar-refractivity contribution in [3.05, 3.63) is 36.3 Å². The summed E-state index contributed by atoms with van der Waals surface area (Å²) in [6, 6.07) is 5.76. The topological polar surface area (TPSA) is 46.4 Å². The number of imidazole rings is 1. The quantitative estimate of drug-likeness (QED) is 0.752. The molecule has 14 heavy (non-hydrogen) atoms. The number of nitrogens with one attached hydrogen (secondary N) is 1. The molecule has 0 fully saturated rings. The molecule has 0 saturated carbocycles. The zero-order valence-electron chi connectivity index (χ0n) is 7.90. The van der Waals surface area contributed by atoms with Gasteiger partial charge in [-0.1, -0.05) is 6.07 Å². The first-order valence-corrected chi connectivity index (χ1v) is 4.43. The first kappa shape index (κ1) is 8.74. The highest BCUT2D eigenvalue weighted by atomic mass is 16.1. The van der Waals surface area contributed by atoms with Gasteiger partial charge in [0.15, 0.2) is 0 Å². The van der Waals surface area contributed by atoms with Gasteiger partial charge in [-0.15, -0.1) is 0 Å². The molecule has 0 atom stereocenters. The summed E-state index contributed by atoms with van der Waals surface area (Å²) in [5, 5.41) is 2.57. The third-order valence-electron chi connectivity index (χ3n) is 2.03. The molecule has 2 rings (SSSR count). The summed E-state index contributed by atoms with van der Waals surface area (Å²) in [4.78, 5) is 15.4. The van der Waals surface area contributed by atoms with Crippen LogP contribution in [-0.2, 0) is 11.2 Å². The Balaban J connectivity index is 2.31. The van der Waals surface area contributed by atoms with Crippen LogP contribution in [0.25, 0.3) is 5.65 Å². The summed E-state index contributed by atoms with van der Waals surface area (Å²) in [7, 11) is 1.62. The van der Waals surface area contributed by atoms with Gasteiger partial charge < -0.3 is 9.72 Å². The van der Waals surface area contributed by atoms with E-state index in [1.165, 1.54) is 0 Å². The standard InChI is InChI=1S/C10H11N3O/c1-11-10(14)6-8-7-13-5-3-2-4-9(13)12-8/h2-5,7H,6H2,1H3,(H,11,14). The summed E-state index contributed by atoms with van der Waals surface area (Å²) in [6.07, 6.45) is 4.11. The zero-order valence-corrected chi connectivity index (χ0v) is 7.90. The number of carbonyl (C=O) groups is 1. The number of pyridine rings is 1. The highest BCUT2D eigenvalue weighted by Crippen LogP contribution is 2.04. The molecule has 72 valence electrons. The van der Waals surface area contributed by atoms with Gasteiger partial charge in [0.25, 0.3) is 0 Å². The maximum atomic E-state index is 11.1. The molecular weight excluding hydrogens is 178 g/mol. The minimum absolute atomic E-state index is 0.0200. The van der Waals surface area contributed by atoms with Gasteiger partial charge in [-0.2, -0.15) is 0 Å². The lowest BCUT2D eigenvalue weighted by atomic mass is 10.3. The Morgan fingerprint density at radius 3 is 3.14 bits per heavy atom.